The monoisotopic (exact) mass is 168 g/mol. The second-order valence-electron chi connectivity index (χ2n) is 2.02. The molecule has 1 rings (SSSR count). The van der Waals surface area contributed by atoms with E-state index in [2.05, 4.69) is 0 Å². The second-order valence-corrected chi connectivity index (χ2v) is 2.42. The van der Waals surface area contributed by atoms with Gasteiger partial charge in [-0.05, 0) is 19.1 Å². The van der Waals surface area contributed by atoms with Gasteiger partial charge in [0.25, 0.3) is 0 Å². The van der Waals surface area contributed by atoms with Crippen LogP contribution < -0.4 is 4.74 Å². The third-order valence-corrected chi connectivity index (χ3v) is 1.48. The van der Waals surface area contributed by atoms with Crippen LogP contribution >= 0.6 is 11.6 Å². The maximum Gasteiger partial charge on any atom is 0.145 e. The lowest BCUT2D eigenvalue weighted by atomic mass is 10.3. The molecule has 0 amide bonds. The van der Waals surface area contributed by atoms with Gasteiger partial charge in [-0.15, -0.1) is 0 Å². The highest BCUT2D eigenvalue weighted by molar-refractivity contribution is 6.32. The molecule has 0 heterocycles. The SMILES string of the molecule is C/C=C/Oc1ccccc1Cl. The van der Waals surface area contributed by atoms with Gasteiger partial charge in [0.2, 0.25) is 0 Å². The molecule has 1 aromatic rings. The Bertz CT molecular complexity index is 255. The summed E-state index contributed by atoms with van der Waals surface area (Å²) < 4.78 is 5.17. The Kier molecular flexibility index (Phi) is 2.99. The first-order chi connectivity index (χ1) is 5.34. The maximum absolute atomic E-state index is 5.80. The summed E-state index contributed by atoms with van der Waals surface area (Å²) in [5.41, 5.74) is 0. The number of allylic oxidation sites excluding steroid dienone is 1. The third-order valence-electron chi connectivity index (χ3n) is 1.17. The summed E-state index contributed by atoms with van der Waals surface area (Å²) in [6, 6.07) is 7.36. The predicted octanol–water partition coefficient (Wildman–Crippen LogP) is 3.25. The van der Waals surface area contributed by atoms with Crippen LogP contribution in [0.1, 0.15) is 6.92 Å². The minimum absolute atomic E-state index is 0.630. The van der Waals surface area contributed by atoms with E-state index in [1.807, 2.05) is 31.2 Å². The molecule has 0 fully saturated rings. The van der Waals surface area contributed by atoms with E-state index in [1.54, 1.807) is 12.3 Å². The van der Waals surface area contributed by atoms with Gasteiger partial charge in [-0.3, -0.25) is 0 Å². The van der Waals surface area contributed by atoms with Crippen molar-refractivity contribution < 1.29 is 4.74 Å². The van der Waals surface area contributed by atoms with Crippen molar-refractivity contribution >= 4 is 11.6 Å². The van der Waals surface area contributed by atoms with Crippen molar-refractivity contribution in [1.29, 1.82) is 0 Å². The Morgan fingerprint density at radius 1 is 1.36 bits per heavy atom. The van der Waals surface area contributed by atoms with E-state index in [-0.39, 0.29) is 0 Å². The van der Waals surface area contributed by atoms with Gasteiger partial charge in [0.15, 0.2) is 0 Å². The van der Waals surface area contributed by atoms with Crippen LogP contribution in [-0.4, -0.2) is 0 Å². The van der Waals surface area contributed by atoms with Gasteiger partial charge in [-0.2, -0.15) is 0 Å². The minimum Gasteiger partial charge on any atom is -0.464 e. The fourth-order valence-electron chi connectivity index (χ4n) is 0.682. The molecule has 0 aliphatic carbocycles. The predicted molar refractivity (Wildman–Crippen MR) is 46.9 cm³/mol. The fraction of sp³-hybridized carbons (Fsp3) is 0.111. The second kappa shape index (κ2) is 4.04. The molecule has 1 aromatic carbocycles. The largest absolute Gasteiger partial charge is 0.464 e. The summed E-state index contributed by atoms with van der Waals surface area (Å²) in [6.45, 7) is 1.89. The summed E-state index contributed by atoms with van der Waals surface area (Å²) in [5.74, 6) is 0.687. The molecule has 0 atom stereocenters. The lowest BCUT2D eigenvalue weighted by Gasteiger charge is -2.00. The highest BCUT2D eigenvalue weighted by atomic mass is 35.5. The third kappa shape index (κ3) is 2.28. The van der Waals surface area contributed by atoms with E-state index < -0.39 is 0 Å². The lowest BCUT2D eigenvalue weighted by molar-refractivity contribution is 0.480. The van der Waals surface area contributed by atoms with Crippen molar-refractivity contribution in [3.05, 3.63) is 41.6 Å². The van der Waals surface area contributed by atoms with E-state index in [0.29, 0.717) is 10.8 Å². The number of ether oxygens (including phenoxy) is 1. The minimum atomic E-state index is 0.630. The summed E-state index contributed by atoms with van der Waals surface area (Å²) in [4.78, 5) is 0. The van der Waals surface area contributed by atoms with Gasteiger partial charge >= 0.3 is 0 Å². The van der Waals surface area contributed by atoms with E-state index in [0.717, 1.165) is 0 Å². The topological polar surface area (TPSA) is 9.23 Å². The molecular weight excluding hydrogens is 160 g/mol. The Morgan fingerprint density at radius 2 is 2.09 bits per heavy atom. The Labute approximate surface area is 71.3 Å². The number of para-hydroxylation sites is 1. The zero-order valence-corrected chi connectivity index (χ0v) is 7.01. The summed E-state index contributed by atoms with van der Waals surface area (Å²) >= 11 is 5.80. The molecule has 2 heteroatoms. The molecule has 0 aliphatic heterocycles. The average molecular weight is 169 g/mol. The number of benzene rings is 1. The first kappa shape index (κ1) is 8.15. The molecule has 0 unspecified atom stereocenters. The molecule has 0 saturated carbocycles. The zero-order valence-electron chi connectivity index (χ0n) is 6.25. The van der Waals surface area contributed by atoms with E-state index in [4.69, 9.17) is 16.3 Å². The molecule has 11 heavy (non-hydrogen) atoms. The van der Waals surface area contributed by atoms with Crippen molar-refractivity contribution in [1.82, 2.24) is 0 Å². The number of halogens is 1. The van der Waals surface area contributed by atoms with Crippen LogP contribution in [0.25, 0.3) is 0 Å². The van der Waals surface area contributed by atoms with Gasteiger partial charge in [0, 0.05) is 0 Å². The van der Waals surface area contributed by atoms with E-state index in [9.17, 15) is 0 Å². The molecule has 0 spiro atoms. The van der Waals surface area contributed by atoms with Crippen molar-refractivity contribution in [2.24, 2.45) is 0 Å². The van der Waals surface area contributed by atoms with Gasteiger partial charge in [-0.1, -0.05) is 29.8 Å². The molecule has 1 nitrogen and oxygen atoms in total. The lowest BCUT2D eigenvalue weighted by Crippen LogP contribution is -1.81. The van der Waals surface area contributed by atoms with Crippen LogP contribution in [0.3, 0.4) is 0 Å². The normalized spacial score (nSPS) is 10.4. The van der Waals surface area contributed by atoms with Crippen LogP contribution in [-0.2, 0) is 0 Å². The molecule has 0 aliphatic rings. The van der Waals surface area contributed by atoms with Crippen molar-refractivity contribution in [3.63, 3.8) is 0 Å². The van der Waals surface area contributed by atoms with Crippen molar-refractivity contribution in [2.45, 2.75) is 6.92 Å². The number of hydrogen-bond donors (Lipinski definition) is 0. The van der Waals surface area contributed by atoms with Gasteiger partial charge < -0.3 is 4.74 Å². The van der Waals surface area contributed by atoms with E-state index >= 15 is 0 Å². The van der Waals surface area contributed by atoms with Gasteiger partial charge in [0.1, 0.15) is 5.75 Å². The highest BCUT2D eigenvalue weighted by Gasteiger charge is 1.95. The zero-order chi connectivity index (χ0) is 8.10. The van der Waals surface area contributed by atoms with Crippen LogP contribution in [0.2, 0.25) is 5.02 Å². The highest BCUT2D eigenvalue weighted by Crippen LogP contribution is 2.22. The summed E-state index contributed by atoms with van der Waals surface area (Å²) in [6.07, 6.45) is 3.41. The first-order valence-electron chi connectivity index (χ1n) is 3.37. The Hall–Kier alpha value is -0.950. The molecule has 58 valence electrons. The van der Waals surface area contributed by atoms with Gasteiger partial charge in [0.05, 0.1) is 11.3 Å². The molecule has 0 bridgehead atoms. The number of rotatable bonds is 2. The first-order valence-corrected chi connectivity index (χ1v) is 3.74. The summed E-state index contributed by atoms with van der Waals surface area (Å²) in [5, 5.41) is 0.630. The Morgan fingerprint density at radius 3 is 2.73 bits per heavy atom. The van der Waals surface area contributed by atoms with Crippen molar-refractivity contribution in [2.75, 3.05) is 0 Å². The van der Waals surface area contributed by atoms with Crippen molar-refractivity contribution in [3.8, 4) is 5.75 Å². The van der Waals surface area contributed by atoms with E-state index in [1.165, 1.54) is 0 Å². The Balaban J connectivity index is 2.77. The molecule has 0 aromatic heterocycles. The molecule has 0 saturated heterocycles. The smallest absolute Gasteiger partial charge is 0.145 e. The quantitative estimate of drug-likeness (QED) is 0.616. The standard InChI is InChI=1S/C9H9ClO/c1-2-7-11-9-6-4-3-5-8(9)10/h2-7H,1H3/b7-2+. The number of hydrogen-bond acceptors (Lipinski definition) is 1. The van der Waals surface area contributed by atoms with Crippen LogP contribution in [0.4, 0.5) is 0 Å². The molecular formula is C9H9ClO. The maximum atomic E-state index is 5.80. The molecule has 0 radical (unpaired) electrons. The van der Waals surface area contributed by atoms with Gasteiger partial charge in [-0.25, -0.2) is 0 Å². The fourth-order valence-corrected chi connectivity index (χ4v) is 0.862. The van der Waals surface area contributed by atoms with Crippen LogP contribution in [0, 0.1) is 0 Å². The summed E-state index contributed by atoms with van der Waals surface area (Å²) in [7, 11) is 0. The average Bonchev–Trinajstić information content (AvgIpc) is 2.03. The van der Waals surface area contributed by atoms with Crippen LogP contribution in [0.15, 0.2) is 36.6 Å². The molecule has 0 N–H and O–H groups in total. The van der Waals surface area contributed by atoms with Crippen LogP contribution in [0.5, 0.6) is 5.75 Å².